The van der Waals surface area contributed by atoms with Crippen molar-refractivity contribution in [2.45, 2.75) is 12.6 Å². The van der Waals surface area contributed by atoms with E-state index in [1.165, 1.54) is 12.1 Å². The normalized spacial score (nSPS) is 11.6. The minimum absolute atomic E-state index is 0.618. The Bertz CT molecular complexity index is 559. The van der Waals surface area contributed by atoms with Crippen molar-refractivity contribution in [1.29, 1.82) is 0 Å². The summed E-state index contributed by atoms with van der Waals surface area (Å²) in [4.78, 5) is 0. The zero-order valence-electron chi connectivity index (χ0n) is 11.2. The fourth-order valence-corrected chi connectivity index (χ4v) is 2.03. The van der Waals surface area contributed by atoms with Gasteiger partial charge in [0.25, 0.3) is 0 Å². The van der Waals surface area contributed by atoms with Crippen molar-refractivity contribution in [2.75, 3.05) is 13.6 Å². The summed E-state index contributed by atoms with van der Waals surface area (Å²) < 4.78 is 37.6. The molecule has 0 radical (unpaired) electrons. The molecule has 0 aliphatic rings. The van der Waals surface area contributed by atoms with Gasteiger partial charge in [0.15, 0.2) is 0 Å². The molecule has 0 bridgehead atoms. The number of hydrogen-bond donors (Lipinski definition) is 1. The molecule has 1 nitrogen and oxygen atoms in total. The predicted molar refractivity (Wildman–Crippen MR) is 74.5 cm³/mol. The maximum atomic E-state index is 12.5. The summed E-state index contributed by atoms with van der Waals surface area (Å²) in [6.07, 6.45) is -3.39. The lowest BCUT2D eigenvalue weighted by Crippen LogP contribution is -2.10. The first-order valence-corrected chi connectivity index (χ1v) is 6.42. The lowest BCUT2D eigenvalue weighted by atomic mass is 10.0. The second-order valence-electron chi connectivity index (χ2n) is 4.63. The Labute approximate surface area is 116 Å². The van der Waals surface area contributed by atoms with Crippen molar-refractivity contribution < 1.29 is 13.2 Å². The maximum absolute atomic E-state index is 12.5. The third-order valence-corrected chi connectivity index (χ3v) is 3.14. The second kappa shape index (κ2) is 6.09. The summed E-state index contributed by atoms with van der Waals surface area (Å²) in [6.45, 7) is 0.871. The van der Waals surface area contributed by atoms with Crippen LogP contribution in [-0.2, 0) is 12.6 Å². The molecule has 2 rings (SSSR count). The first kappa shape index (κ1) is 14.6. The first-order chi connectivity index (χ1) is 9.50. The van der Waals surface area contributed by atoms with E-state index in [0.717, 1.165) is 41.8 Å². The molecule has 2 aromatic rings. The summed E-state index contributed by atoms with van der Waals surface area (Å²) in [7, 11) is 1.89. The van der Waals surface area contributed by atoms with Gasteiger partial charge in [0.05, 0.1) is 5.56 Å². The van der Waals surface area contributed by atoms with Crippen molar-refractivity contribution in [3.63, 3.8) is 0 Å². The minimum atomic E-state index is -4.28. The molecule has 1 N–H and O–H groups in total. The molecule has 0 heterocycles. The van der Waals surface area contributed by atoms with E-state index in [1.54, 1.807) is 0 Å². The SMILES string of the molecule is CNCCc1cccc(-c2ccc(C(F)(F)F)cc2)c1. The fraction of sp³-hybridized carbons (Fsp3) is 0.250. The van der Waals surface area contributed by atoms with Crippen LogP contribution in [0.3, 0.4) is 0 Å². The topological polar surface area (TPSA) is 12.0 Å². The molecule has 0 unspecified atom stereocenters. The third kappa shape index (κ3) is 3.61. The largest absolute Gasteiger partial charge is 0.416 e. The third-order valence-electron chi connectivity index (χ3n) is 3.14. The molecular weight excluding hydrogens is 263 g/mol. The van der Waals surface area contributed by atoms with Gasteiger partial charge in [-0.3, -0.25) is 0 Å². The van der Waals surface area contributed by atoms with E-state index < -0.39 is 11.7 Å². The Kier molecular flexibility index (Phi) is 4.45. The van der Waals surface area contributed by atoms with Crippen molar-refractivity contribution in [2.24, 2.45) is 0 Å². The summed E-state index contributed by atoms with van der Waals surface area (Å²) in [5, 5.41) is 3.07. The van der Waals surface area contributed by atoms with E-state index in [2.05, 4.69) is 5.32 Å². The van der Waals surface area contributed by atoms with Crippen LogP contribution in [0, 0.1) is 0 Å². The molecular formula is C16H16F3N. The average molecular weight is 279 g/mol. The number of alkyl halides is 3. The molecule has 0 saturated heterocycles. The maximum Gasteiger partial charge on any atom is 0.416 e. The zero-order chi connectivity index (χ0) is 14.6. The Hall–Kier alpha value is -1.81. The molecule has 0 atom stereocenters. The molecule has 0 aliphatic carbocycles. The number of likely N-dealkylation sites (N-methyl/N-ethyl adjacent to an activating group) is 1. The van der Waals surface area contributed by atoms with Gasteiger partial charge in [-0.15, -0.1) is 0 Å². The van der Waals surface area contributed by atoms with Gasteiger partial charge in [-0.25, -0.2) is 0 Å². The van der Waals surface area contributed by atoms with Gasteiger partial charge < -0.3 is 5.32 Å². The van der Waals surface area contributed by atoms with Crippen LogP contribution in [0.4, 0.5) is 13.2 Å². The van der Waals surface area contributed by atoms with E-state index in [4.69, 9.17) is 0 Å². The molecule has 0 spiro atoms. The molecule has 0 saturated carbocycles. The van der Waals surface area contributed by atoms with E-state index >= 15 is 0 Å². The zero-order valence-corrected chi connectivity index (χ0v) is 11.2. The minimum Gasteiger partial charge on any atom is -0.319 e. The number of nitrogens with one attached hydrogen (secondary N) is 1. The van der Waals surface area contributed by atoms with Gasteiger partial charge in [-0.2, -0.15) is 13.2 Å². The summed E-state index contributed by atoms with van der Waals surface area (Å²) in [5.41, 5.74) is 2.28. The van der Waals surface area contributed by atoms with E-state index in [-0.39, 0.29) is 0 Å². The van der Waals surface area contributed by atoms with Crippen LogP contribution in [0.2, 0.25) is 0 Å². The molecule has 0 aliphatic heterocycles. The molecule has 0 aromatic heterocycles. The molecule has 0 fully saturated rings. The smallest absolute Gasteiger partial charge is 0.319 e. The van der Waals surface area contributed by atoms with Gasteiger partial charge in [0.2, 0.25) is 0 Å². The van der Waals surface area contributed by atoms with E-state index in [1.807, 2.05) is 31.3 Å². The van der Waals surface area contributed by atoms with Crippen molar-refractivity contribution in [1.82, 2.24) is 5.32 Å². The molecule has 20 heavy (non-hydrogen) atoms. The van der Waals surface area contributed by atoms with Crippen LogP contribution in [0.25, 0.3) is 11.1 Å². The summed E-state index contributed by atoms with van der Waals surface area (Å²) in [6, 6.07) is 13.1. The lowest BCUT2D eigenvalue weighted by molar-refractivity contribution is -0.137. The lowest BCUT2D eigenvalue weighted by Gasteiger charge is -2.09. The van der Waals surface area contributed by atoms with E-state index in [0.29, 0.717) is 0 Å². The Morgan fingerprint density at radius 1 is 0.950 bits per heavy atom. The van der Waals surface area contributed by atoms with Crippen LogP contribution in [0.5, 0.6) is 0 Å². The predicted octanol–water partition coefficient (Wildman–Crippen LogP) is 4.13. The molecule has 0 amide bonds. The first-order valence-electron chi connectivity index (χ1n) is 6.42. The number of benzene rings is 2. The van der Waals surface area contributed by atoms with Gasteiger partial charge >= 0.3 is 6.18 Å². The highest BCUT2D eigenvalue weighted by Gasteiger charge is 2.29. The highest BCUT2D eigenvalue weighted by atomic mass is 19.4. The molecule has 4 heteroatoms. The van der Waals surface area contributed by atoms with Gasteiger partial charge in [-0.1, -0.05) is 36.4 Å². The highest BCUT2D eigenvalue weighted by molar-refractivity contribution is 5.64. The van der Waals surface area contributed by atoms with E-state index in [9.17, 15) is 13.2 Å². The van der Waals surface area contributed by atoms with Crippen molar-refractivity contribution >= 4 is 0 Å². The second-order valence-corrected chi connectivity index (χ2v) is 4.63. The Morgan fingerprint density at radius 3 is 2.25 bits per heavy atom. The number of rotatable bonds is 4. The summed E-state index contributed by atoms with van der Waals surface area (Å²) >= 11 is 0. The van der Waals surface area contributed by atoms with Gasteiger partial charge in [-0.05, 0) is 48.8 Å². The van der Waals surface area contributed by atoms with Crippen LogP contribution in [0.15, 0.2) is 48.5 Å². The van der Waals surface area contributed by atoms with Crippen molar-refractivity contribution in [3.05, 3.63) is 59.7 Å². The fourth-order valence-electron chi connectivity index (χ4n) is 2.03. The highest BCUT2D eigenvalue weighted by Crippen LogP contribution is 2.31. The number of hydrogen-bond acceptors (Lipinski definition) is 1. The standard InChI is InChI=1S/C16H16F3N/c1-20-10-9-12-3-2-4-14(11-12)13-5-7-15(8-6-13)16(17,18)19/h2-8,11,20H,9-10H2,1H3. The van der Waals surface area contributed by atoms with Gasteiger partial charge in [0, 0.05) is 0 Å². The Balaban J connectivity index is 2.23. The van der Waals surface area contributed by atoms with Crippen LogP contribution in [0.1, 0.15) is 11.1 Å². The monoisotopic (exact) mass is 279 g/mol. The number of halogens is 3. The van der Waals surface area contributed by atoms with Gasteiger partial charge in [0.1, 0.15) is 0 Å². The van der Waals surface area contributed by atoms with Crippen LogP contribution < -0.4 is 5.32 Å². The van der Waals surface area contributed by atoms with Crippen molar-refractivity contribution in [3.8, 4) is 11.1 Å². The van der Waals surface area contributed by atoms with Crippen LogP contribution in [-0.4, -0.2) is 13.6 Å². The van der Waals surface area contributed by atoms with Crippen LogP contribution >= 0.6 is 0 Å². The molecule has 106 valence electrons. The molecule has 2 aromatic carbocycles. The average Bonchev–Trinajstić information content (AvgIpc) is 2.45. The quantitative estimate of drug-likeness (QED) is 0.887. The Morgan fingerprint density at radius 2 is 1.65 bits per heavy atom. The summed E-state index contributed by atoms with van der Waals surface area (Å²) in [5.74, 6) is 0.